The van der Waals surface area contributed by atoms with Crippen LogP contribution in [0.5, 0.6) is 0 Å². The minimum atomic E-state index is 0.615. The molecule has 0 radical (unpaired) electrons. The normalized spacial score (nSPS) is 12.0. The molecule has 9 aromatic heterocycles. The molecule has 11 nitrogen and oxygen atoms in total. The number of fused-ring (bicyclic) bond motifs is 21. The minimum absolute atomic E-state index is 0.615. The highest BCUT2D eigenvalue weighted by molar-refractivity contribution is 6.19. The molecule has 0 saturated heterocycles. The number of nitrogens with zero attached hydrogens (tertiary/aromatic N) is 8. The zero-order valence-electron chi connectivity index (χ0n) is 74.7. The topological polar surface area (TPSA) is 111 Å². The molecule has 0 aliphatic heterocycles. The molecular weight excluding hydrogens is 1700 g/mol. The molecule has 0 fully saturated rings. The van der Waals surface area contributed by atoms with Crippen molar-refractivity contribution >= 4 is 153 Å². The molecule has 9 heterocycles. The van der Waals surface area contributed by atoms with Crippen LogP contribution >= 0.6 is 0 Å². The first-order valence-corrected chi connectivity index (χ1v) is 47.1. The Morgan fingerprint density at radius 2 is 0.489 bits per heavy atom. The van der Waals surface area contributed by atoms with Crippen molar-refractivity contribution in [1.29, 1.82) is 0 Å². The number of hydrogen-bond acceptors (Lipinski definition) is 7. The van der Waals surface area contributed by atoms with Crippen molar-refractivity contribution in [2.24, 2.45) is 0 Å². The average Bonchev–Trinajstić information content (AvgIpc) is 1.55. The Morgan fingerprint density at radius 1 is 0.165 bits per heavy atom. The molecule has 29 aromatic rings. The van der Waals surface area contributed by atoms with Gasteiger partial charge in [0.1, 0.15) is 44.5 Å². The van der Waals surface area contributed by atoms with Gasteiger partial charge in [-0.05, 0) is 195 Å². The van der Waals surface area contributed by atoms with Crippen molar-refractivity contribution in [3.63, 3.8) is 0 Å². The monoisotopic (exact) mass is 1770 g/mol. The van der Waals surface area contributed by atoms with E-state index in [-0.39, 0.29) is 0 Å². The van der Waals surface area contributed by atoms with Gasteiger partial charge in [0.05, 0.1) is 55.5 Å². The summed E-state index contributed by atoms with van der Waals surface area (Å²) in [4.78, 5) is 22.5. The fourth-order valence-corrected chi connectivity index (χ4v) is 21.9. The summed E-state index contributed by atoms with van der Waals surface area (Å²) < 4.78 is 29.5. The van der Waals surface area contributed by atoms with E-state index in [0.29, 0.717) is 11.6 Å². The Labute approximate surface area is 795 Å². The molecule has 20 aromatic carbocycles. The van der Waals surface area contributed by atoms with Crippen LogP contribution in [0.15, 0.2) is 474 Å². The molecule has 29 rings (SSSR count). The van der Waals surface area contributed by atoms with Crippen LogP contribution in [-0.4, -0.2) is 38.2 Å². The Morgan fingerprint density at radius 3 is 1.00 bits per heavy atom. The molecule has 0 N–H and O–H groups in total. The van der Waals surface area contributed by atoms with E-state index < -0.39 is 0 Å². The lowest BCUT2D eigenvalue weighted by molar-refractivity contribution is 0.669. The van der Waals surface area contributed by atoms with Crippen molar-refractivity contribution in [2.45, 2.75) is 0 Å². The minimum Gasteiger partial charge on any atom is -0.456 e. The molecule has 0 aliphatic carbocycles. The van der Waals surface area contributed by atoms with Gasteiger partial charge in [0, 0.05) is 121 Å². The van der Waals surface area contributed by atoms with Crippen LogP contribution in [0.2, 0.25) is 0 Å². The van der Waals surface area contributed by atoms with Gasteiger partial charge in [-0.2, -0.15) is 0 Å². The van der Waals surface area contributed by atoms with Crippen LogP contribution in [0.4, 0.5) is 0 Å². The van der Waals surface area contributed by atoms with E-state index in [1.54, 1.807) is 0 Å². The third-order valence-electron chi connectivity index (χ3n) is 28.4. The summed E-state index contributed by atoms with van der Waals surface area (Å²) in [6.07, 6.45) is 0. The summed E-state index contributed by atoms with van der Waals surface area (Å²) >= 11 is 0. The number of rotatable bonds is 14. The highest BCUT2D eigenvalue weighted by Crippen LogP contribution is 2.49. The first-order valence-electron chi connectivity index (χ1n) is 47.1. The number of para-hydroxylation sites is 9. The largest absolute Gasteiger partial charge is 0.456 e. The van der Waals surface area contributed by atoms with Gasteiger partial charge in [-0.1, -0.05) is 322 Å². The van der Waals surface area contributed by atoms with E-state index in [4.69, 9.17) is 33.2 Å². The van der Waals surface area contributed by atoms with Crippen molar-refractivity contribution in [2.75, 3.05) is 0 Å². The first kappa shape index (κ1) is 77.7. The smallest absolute Gasteiger partial charge is 0.160 e. The molecule has 646 valence electrons. The lowest BCUT2D eigenvalue weighted by Gasteiger charge is -2.13. The van der Waals surface area contributed by atoms with Gasteiger partial charge in [-0.25, -0.2) is 19.9 Å². The van der Waals surface area contributed by atoms with Gasteiger partial charge < -0.3 is 31.5 Å². The Hall–Kier alpha value is -18.8. The van der Waals surface area contributed by atoms with Crippen LogP contribution in [-0.2, 0) is 0 Å². The molecule has 0 saturated carbocycles. The molecule has 0 amide bonds. The molecule has 0 spiro atoms. The van der Waals surface area contributed by atoms with E-state index in [9.17, 15) is 0 Å². The van der Waals surface area contributed by atoms with Gasteiger partial charge in [-0.3, -0.25) is 0 Å². The fourth-order valence-electron chi connectivity index (χ4n) is 21.9. The summed E-state index contributed by atoms with van der Waals surface area (Å²) in [6.45, 7) is 0. The van der Waals surface area contributed by atoms with Gasteiger partial charge in [0.15, 0.2) is 11.6 Å². The summed E-state index contributed by atoms with van der Waals surface area (Å²) in [5.74, 6) is 1.27. The Kier molecular flexibility index (Phi) is 17.3. The lowest BCUT2D eigenvalue weighted by atomic mass is 9.97. The standard InChI is InChI=1S/C128H76N8O3/c1-5-24-83(25-6-1)127-129-119(81-52-46-78(47-53-81)94-36-23-45-116-118(94)103-35-16-20-44-115(103)137-116)123-121(131-127)106-74-87(63-70-112(106)135(123)91-28-9-3-10-29-91)86-62-69-111-105(73-86)98-33-14-18-42-109(98)134(111)93-65-58-77(59-66-93)89-60-67-100-102-40-22-38-96(126(102)139-117(100)76-89)79-48-54-82(55-49-79)120-124-122(132-128(130-120)84-56-50-80(51-57-84)95-37-21-39-101-99-34-15-19-43-114(99)138-125(95)101)107-75-88(64-71-113(107)136(124)92-30-11-4-12-31-92)85-61-68-110-104(72-85)97-32-13-17-41-108(97)133(110)90-26-7-2-8-27-90/h1-76H. The van der Waals surface area contributed by atoms with Crippen LogP contribution < -0.4 is 0 Å². The van der Waals surface area contributed by atoms with E-state index in [0.717, 1.165) is 255 Å². The predicted octanol–water partition coefficient (Wildman–Crippen LogP) is 34.0. The van der Waals surface area contributed by atoms with Crippen LogP contribution in [0, 0.1) is 0 Å². The number of hydrogen-bond donors (Lipinski definition) is 0. The van der Waals surface area contributed by atoms with E-state index in [1.165, 1.54) is 21.7 Å². The summed E-state index contributed by atoms with van der Waals surface area (Å²) in [6, 6.07) is 165. The second kappa shape index (κ2) is 30.9. The van der Waals surface area contributed by atoms with Gasteiger partial charge in [0.2, 0.25) is 0 Å². The van der Waals surface area contributed by atoms with E-state index >= 15 is 0 Å². The highest BCUT2D eigenvalue weighted by Gasteiger charge is 2.28. The van der Waals surface area contributed by atoms with Gasteiger partial charge >= 0.3 is 0 Å². The summed E-state index contributed by atoms with van der Waals surface area (Å²) in [5, 5.41) is 13.2. The number of furan rings is 3. The second-order valence-corrected chi connectivity index (χ2v) is 36.2. The predicted molar refractivity (Wildman–Crippen MR) is 571 cm³/mol. The zero-order chi connectivity index (χ0) is 91.0. The van der Waals surface area contributed by atoms with Crippen molar-refractivity contribution in [3.05, 3.63) is 461 Å². The first-order chi connectivity index (χ1) is 68.9. The Balaban J connectivity index is 0.506. The van der Waals surface area contributed by atoms with E-state index in [2.05, 4.69) is 449 Å². The van der Waals surface area contributed by atoms with Crippen molar-refractivity contribution in [3.8, 4) is 135 Å². The molecule has 0 unspecified atom stereocenters. The third kappa shape index (κ3) is 12.3. The maximum Gasteiger partial charge on any atom is 0.160 e. The van der Waals surface area contributed by atoms with Crippen LogP contribution in [0.1, 0.15) is 0 Å². The number of aromatic nitrogens is 8. The molecule has 0 bridgehead atoms. The quantitative estimate of drug-likeness (QED) is 0.107. The van der Waals surface area contributed by atoms with E-state index in [1.807, 2.05) is 30.3 Å². The molecule has 139 heavy (non-hydrogen) atoms. The third-order valence-corrected chi connectivity index (χ3v) is 28.4. The Bertz CT molecular complexity index is 10100. The molecule has 0 aliphatic rings. The van der Waals surface area contributed by atoms with Crippen LogP contribution in [0.25, 0.3) is 288 Å². The molecular formula is C128H76N8O3. The maximum absolute atomic E-state index is 7.12. The fraction of sp³-hybridized carbons (Fsp3) is 0. The zero-order valence-corrected chi connectivity index (χ0v) is 74.7. The molecule has 0 atom stereocenters. The van der Waals surface area contributed by atoms with Gasteiger partial charge in [0.25, 0.3) is 0 Å². The maximum atomic E-state index is 7.12. The SMILES string of the molecule is c1ccc(-c2nc(-c3ccc(-c4cccc5oc6ccccc6c45)cc3)c3c(n2)c2cc(-c4ccc5c(c4)c4ccccc4n5-c4ccc(-c5ccc6c(c5)oc5c(-c7ccc(-c8nc(-c9ccc(-c%10cccc%11c%10oc%10ccccc%10%11)cc9)nc9c%10cc(-c%11ccc%12c(c%11)c%11ccccc%11n%12-c%11ccccc%11)ccc%10n(-c%10ccccc%10)c89)cc7)cccc56)cc4)ccc2n3-c2ccccc2)cc1. The van der Waals surface area contributed by atoms with Crippen molar-refractivity contribution in [1.82, 2.24) is 38.2 Å². The van der Waals surface area contributed by atoms with Crippen LogP contribution in [0.3, 0.4) is 0 Å². The lowest BCUT2D eigenvalue weighted by Crippen LogP contribution is -1.99. The van der Waals surface area contributed by atoms with Crippen molar-refractivity contribution < 1.29 is 13.3 Å². The summed E-state index contributed by atoms with van der Waals surface area (Å²) in [7, 11) is 0. The molecule has 11 heteroatoms. The number of benzene rings is 20. The second-order valence-electron chi connectivity index (χ2n) is 36.2. The highest BCUT2D eigenvalue weighted by atomic mass is 16.3. The average molecular weight is 1770 g/mol. The summed E-state index contributed by atoms with van der Waals surface area (Å²) in [5.41, 5.74) is 37.7. The van der Waals surface area contributed by atoms with Gasteiger partial charge in [-0.15, -0.1) is 0 Å².